The monoisotopic (exact) mass is 468 g/mol. The van der Waals surface area contributed by atoms with Gasteiger partial charge in [-0.2, -0.15) is 0 Å². The number of hydrogen-bond donors (Lipinski definition) is 0. The highest BCUT2D eigenvalue weighted by Crippen LogP contribution is 2.60. The number of hydrogen-bond acceptors (Lipinski definition) is 5. The molecule has 0 aromatic heterocycles. The fourth-order valence-corrected chi connectivity index (χ4v) is 6.40. The van der Waals surface area contributed by atoms with E-state index in [4.69, 9.17) is 14.2 Å². The number of esters is 1. The van der Waals surface area contributed by atoms with Crippen molar-refractivity contribution in [2.75, 3.05) is 6.61 Å². The molecule has 29 heavy (non-hydrogen) atoms. The number of cyclic esters (lactones) is 1. The molecule has 0 N–H and O–H groups in total. The lowest BCUT2D eigenvalue weighted by Gasteiger charge is -2.44. The summed E-state index contributed by atoms with van der Waals surface area (Å²) < 4.78 is 15.4. The molecule has 5 nitrogen and oxygen atoms in total. The van der Waals surface area contributed by atoms with E-state index in [0.29, 0.717) is 35.3 Å². The second-order valence-electron chi connectivity index (χ2n) is 9.19. The summed E-state index contributed by atoms with van der Waals surface area (Å²) >= 11 is 3.58. The van der Waals surface area contributed by atoms with Crippen LogP contribution < -0.4 is 0 Å². The Morgan fingerprint density at radius 3 is 2.86 bits per heavy atom. The van der Waals surface area contributed by atoms with E-state index in [0.717, 1.165) is 6.42 Å². The van der Waals surface area contributed by atoms with Gasteiger partial charge in [0.2, 0.25) is 5.60 Å². The van der Waals surface area contributed by atoms with Crippen molar-refractivity contribution in [3.63, 3.8) is 0 Å². The van der Waals surface area contributed by atoms with E-state index in [2.05, 4.69) is 34.8 Å². The number of halogens is 1. The Kier molecular flexibility index (Phi) is 6.81. The summed E-state index contributed by atoms with van der Waals surface area (Å²) in [5, 5.41) is 0. The summed E-state index contributed by atoms with van der Waals surface area (Å²) in [6, 6.07) is 0. The molecule has 3 rings (SSSR count). The van der Waals surface area contributed by atoms with Gasteiger partial charge in [-0.15, -0.1) is 0 Å². The van der Waals surface area contributed by atoms with Crippen molar-refractivity contribution >= 4 is 28.1 Å². The third-order valence-corrected chi connectivity index (χ3v) is 7.92. The quantitative estimate of drug-likeness (QED) is 0.429. The minimum atomic E-state index is -1.39. The number of rotatable bonds is 6. The van der Waals surface area contributed by atoms with Gasteiger partial charge in [-0.25, -0.2) is 9.59 Å². The number of allylic oxidation sites excluding steroid dienone is 2. The first kappa shape index (κ1) is 22.4. The van der Waals surface area contributed by atoms with Crippen molar-refractivity contribution in [2.45, 2.75) is 78.2 Å². The smallest absolute Gasteiger partial charge is 0.435 e. The van der Waals surface area contributed by atoms with Gasteiger partial charge in [-0.1, -0.05) is 35.4 Å². The average molecular weight is 469 g/mol. The fourth-order valence-electron chi connectivity index (χ4n) is 5.85. The highest BCUT2D eigenvalue weighted by molar-refractivity contribution is 9.11. The van der Waals surface area contributed by atoms with Gasteiger partial charge in [0.05, 0.1) is 6.61 Å². The lowest BCUT2D eigenvalue weighted by Crippen LogP contribution is -2.36. The standard InChI is InChI=1S/C23H33BrO5/c1-5-27-21(26)29-23(4)13-17(28-20(23)25)9-8-15(2)18-10-11-19-16(14-24)7-6-12-22(18,19)3/h13-15,18-19H,5-12H2,1-4H3/b16-14+/t15-,18-,19?,22-,23-/m1/s1. The molecular formula is C23H33BrO5. The van der Waals surface area contributed by atoms with Crippen LogP contribution >= 0.6 is 15.9 Å². The normalized spacial score (nSPS) is 36.4. The zero-order valence-electron chi connectivity index (χ0n) is 18.0. The molecule has 0 radical (unpaired) electrons. The first-order chi connectivity index (χ1) is 13.7. The SMILES string of the molecule is CCOC(=O)O[C@]1(C)C=C(CC[C@@H](C)[C@H]2CCC3/C(=C/Br)CCC[C@@]32C)OC1=O. The summed E-state index contributed by atoms with van der Waals surface area (Å²) in [5.41, 5.74) is 0.543. The topological polar surface area (TPSA) is 61.8 Å². The van der Waals surface area contributed by atoms with E-state index in [1.54, 1.807) is 25.5 Å². The maximum Gasteiger partial charge on any atom is 0.509 e. The van der Waals surface area contributed by atoms with E-state index >= 15 is 0 Å². The third-order valence-electron chi connectivity index (χ3n) is 7.33. The molecule has 1 heterocycles. The third kappa shape index (κ3) is 4.42. The molecule has 0 saturated heterocycles. The number of carbonyl (C=O) groups is 2. The molecule has 0 bridgehead atoms. The second-order valence-corrected chi connectivity index (χ2v) is 9.65. The summed E-state index contributed by atoms with van der Waals surface area (Å²) in [6.07, 6.45) is 8.71. The van der Waals surface area contributed by atoms with Gasteiger partial charge in [-0.3, -0.25) is 0 Å². The van der Waals surface area contributed by atoms with Crippen LogP contribution in [0.2, 0.25) is 0 Å². The van der Waals surface area contributed by atoms with Gasteiger partial charge in [-0.05, 0) is 80.5 Å². The zero-order chi connectivity index (χ0) is 21.2. The van der Waals surface area contributed by atoms with Crippen LogP contribution in [0.4, 0.5) is 4.79 Å². The van der Waals surface area contributed by atoms with Crippen molar-refractivity contribution < 1.29 is 23.8 Å². The predicted molar refractivity (Wildman–Crippen MR) is 114 cm³/mol. The van der Waals surface area contributed by atoms with Crippen LogP contribution in [0.3, 0.4) is 0 Å². The Labute approximate surface area is 182 Å². The minimum Gasteiger partial charge on any atom is -0.435 e. The Morgan fingerprint density at radius 1 is 1.41 bits per heavy atom. The molecule has 1 aliphatic heterocycles. The van der Waals surface area contributed by atoms with Crippen LogP contribution in [0.15, 0.2) is 22.4 Å². The molecule has 0 aromatic rings. The molecule has 162 valence electrons. The highest BCUT2D eigenvalue weighted by Gasteiger charge is 2.51. The van der Waals surface area contributed by atoms with E-state index in [1.165, 1.54) is 32.1 Å². The van der Waals surface area contributed by atoms with Crippen LogP contribution in [0.1, 0.15) is 72.6 Å². The molecule has 0 aromatic carbocycles. The molecule has 2 saturated carbocycles. The molecule has 3 aliphatic rings. The van der Waals surface area contributed by atoms with E-state index in [9.17, 15) is 9.59 Å². The molecular weight excluding hydrogens is 436 g/mol. The number of ether oxygens (including phenoxy) is 3. The summed E-state index contributed by atoms with van der Waals surface area (Å²) in [6.45, 7) is 8.24. The molecule has 2 aliphatic carbocycles. The van der Waals surface area contributed by atoms with E-state index in [1.807, 2.05) is 0 Å². The van der Waals surface area contributed by atoms with Crippen molar-refractivity contribution in [2.24, 2.45) is 23.2 Å². The Hall–Kier alpha value is -1.30. The van der Waals surface area contributed by atoms with E-state index in [-0.39, 0.29) is 6.61 Å². The van der Waals surface area contributed by atoms with Crippen molar-refractivity contribution in [1.82, 2.24) is 0 Å². The van der Waals surface area contributed by atoms with Crippen LogP contribution in [0.5, 0.6) is 0 Å². The van der Waals surface area contributed by atoms with Gasteiger partial charge in [0.1, 0.15) is 5.76 Å². The Bertz CT molecular complexity index is 714. The summed E-state index contributed by atoms with van der Waals surface area (Å²) in [7, 11) is 0. The second kappa shape index (κ2) is 8.83. The summed E-state index contributed by atoms with van der Waals surface area (Å²) in [5.74, 6) is 1.94. The molecule has 0 spiro atoms. The van der Waals surface area contributed by atoms with E-state index < -0.39 is 17.7 Å². The van der Waals surface area contributed by atoms with Crippen LogP contribution in [-0.2, 0) is 19.0 Å². The first-order valence-electron chi connectivity index (χ1n) is 10.8. The van der Waals surface area contributed by atoms with Gasteiger partial charge in [0.25, 0.3) is 0 Å². The van der Waals surface area contributed by atoms with Gasteiger partial charge in [0, 0.05) is 12.5 Å². The van der Waals surface area contributed by atoms with Gasteiger partial charge in [0.15, 0.2) is 0 Å². The van der Waals surface area contributed by atoms with Crippen LogP contribution in [0, 0.1) is 23.2 Å². The lowest BCUT2D eigenvalue weighted by atomic mass is 9.61. The molecule has 6 heteroatoms. The minimum absolute atomic E-state index is 0.200. The van der Waals surface area contributed by atoms with Crippen molar-refractivity contribution in [1.29, 1.82) is 0 Å². The van der Waals surface area contributed by atoms with Crippen LogP contribution in [-0.4, -0.2) is 24.3 Å². The highest BCUT2D eigenvalue weighted by atomic mass is 79.9. The Balaban J connectivity index is 1.61. The average Bonchev–Trinajstić information content (AvgIpc) is 3.16. The maximum atomic E-state index is 12.2. The molecule has 1 unspecified atom stereocenters. The van der Waals surface area contributed by atoms with Crippen LogP contribution in [0.25, 0.3) is 0 Å². The molecule has 0 amide bonds. The molecule has 5 atom stereocenters. The van der Waals surface area contributed by atoms with Crippen molar-refractivity contribution in [3.05, 3.63) is 22.4 Å². The number of carbonyl (C=O) groups excluding carboxylic acids is 2. The number of fused-ring (bicyclic) bond motifs is 1. The molecule has 2 fully saturated rings. The van der Waals surface area contributed by atoms with Crippen molar-refractivity contribution in [3.8, 4) is 0 Å². The van der Waals surface area contributed by atoms with Gasteiger partial charge >= 0.3 is 12.1 Å². The lowest BCUT2D eigenvalue weighted by molar-refractivity contribution is -0.152. The predicted octanol–water partition coefficient (Wildman–Crippen LogP) is 6.27. The Morgan fingerprint density at radius 2 is 2.17 bits per heavy atom. The van der Waals surface area contributed by atoms with Gasteiger partial charge < -0.3 is 14.2 Å². The fraction of sp³-hybridized carbons (Fsp3) is 0.739. The summed E-state index contributed by atoms with van der Waals surface area (Å²) in [4.78, 5) is 26.0. The largest absolute Gasteiger partial charge is 0.509 e. The first-order valence-corrected chi connectivity index (χ1v) is 11.7. The maximum absolute atomic E-state index is 12.2. The zero-order valence-corrected chi connectivity index (χ0v) is 19.5.